The highest BCUT2D eigenvalue weighted by atomic mass is 19.2. The van der Waals surface area contributed by atoms with E-state index in [0.29, 0.717) is 41.8 Å². The minimum atomic E-state index is -0.845. The number of hydrogen-bond donors (Lipinski definition) is 0. The SMILES string of the molecule is Cc1noc(N2C[C@H]3CC[C@@H](C2)C3Cc2nc3n(n2)CCCCN3c2ccc(F)c(F)c2)n1. The fourth-order valence-corrected chi connectivity index (χ4v) is 5.79. The minimum Gasteiger partial charge on any atom is -0.324 e. The van der Waals surface area contributed by atoms with Crippen LogP contribution in [-0.4, -0.2) is 44.5 Å². The first-order chi connectivity index (χ1) is 16.0. The number of rotatable bonds is 4. The van der Waals surface area contributed by atoms with Crippen LogP contribution in [-0.2, 0) is 13.0 Å². The molecule has 2 aliphatic heterocycles. The summed E-state index contributed by atoms with van der Waals surface area (Å²) in [4.78, 5) is 13.5. The molecule has 8 nitrogen and oxygen atoms in total. The number of aromatic nitrogens is 5. The number of nitrogens with zero attached hydrogens (tertiary/aromatic N) is 7. The number of anilines is 3. The van der Waals surface area contributed by atoms with Crippen molar-refractivity contribution < 1.29 is 13.3 Å². The third kappa shape index (κ3) is 3.75. The molecule has 0 N–H and O–H groups in total. The van der Waals surface area contributed by atoms with E-state index in [1.807, 2.05) is 16.5 Å². The number of aryl methyl sites for hydroxylation is 2. The third-order valence-electron chi connectivity index (χ3n) is 7.39. The lowest BCUT2D eigenvalue weighted by Crippen LogP contribution is -2.43. The Hall–Kier alpha value is -3.04. The zero-order valence-corrected chi connectivity index (χ0v) is 18.6. The topological polar surface area (TPSA) is 76.1 Å². The fourth-order valence-electron chi connectivity index (χ4n) is 5.79. The number of halogens is 2. The van der Waals surface area contributed by atoms with E-state index in [-0.39, 0.29) is 0 Å². The molecular weight excluding hydrogens is 428 g/mol. The van der Waals surface area contributed by atoms with Crippen LogP contribution < -0.4 is 9.80 Å². The lowest BCUT2D eigenvalue weighted by molar-refractivity contribution is 0.254. The third-order valence-corrected chi connectivity index (χ3v) is 7.39. The van der Waals surface area contributed by atoms with Crippen LogP contribution in [0.1, 0.15) is 37.3 Å². The van der Waals surface area contributed by atoms with Gasteiger partial charge in [-0.2, -0.15) is 15.1 Å². The summed E-state index contributed by atoms with van der Waals surface area (Å²) in [6.45, 7) is 5.15. The van der Waals surface area contributed by atoms with E-state index < -0.39 is 11.6 Å². The Bertz CT molecular complexity index is 1150. The highest BCUT2D eigenvalue weighted by molar-refractivity contribution is 5.57. The van der Waals surface area contributed by atoms with Crippen LogP contribution in [0.25, 0.3) is 0 Å². The number of piperidine rings is 1. The van der Waals surface area contributed by atoms with Crippen LogP contribution in [0.3, 0.4) is 0 Å². The molecule has 3 aromatic rings. The monoisotopic (exact) mass is 455 g/mol. The van der Waals surface area contributed by atoms with Crippen molar-refractivity contribution in [3.63, 3.8) is 0 Å². The van der Waals surface area contributed by atoms with Gasteiger partial charge in [0.05, 0.1) is 0 Å². The second-order valence-corrected chi connectivity index (χ2v) is 9.50. The summed E-state index contributed by atoms with van der Waals surface area (Å²) in [5.41, 5.74) is 0.610. The molecule has 0 amide bonds. The van der Waals surface area contributed by atoms with Crippen molar-refractivity contribution in [3.8, 4) is 0 Å². The van der Waals surface area contributed by atoms with Gasteiger partial charge in [-0.05, 0) is 62.5 Å². The van der Waals surface area contributed by atoms with Gasteiger partial charge in [-0.25, -0.2) is 13.5 Å². The molecule has 1 saturated heterocycles. The van der Waals surface area contributed by atoms with Crippen LogP contribution >= 0.6 is 0 Å². The van der Waals surface area contributed by atoms with Gasteiger partial charge in [-0.1, -0.05) is 5.16 Å². The molecule has 1 aliphatic carbocycles. The second-order valence-electron chi connectivity index (χ2n) is 9.50. The first kappa shape index (κ1) is 20.6. The van der Waals surface area contributed by atoms with Gasteiger partial charge in [-0.15, -0.1) is 0 Å². The predicted octanol–water partition coefficient (Wildman–Crippen LogP) is 3.88. The summed E-state index contributed by atoms with van der Waals surface area (Å²) in [6, 6.07) is 4.65. The molecule has 3 aliphatic rings. The highest BCUT2D eigenvalue weighted by Crippen LogP contribution is 2.44. The van der Waals surface area contributed by atoms with E-state index in [4.69, 9.17) is 14.6 Å². The van der Waals surface area contributed by atoms with Gasteiger partial charge in [0.25, 0.3) is 0 Å². The molecular formula is C23H27F2N7O. The highest BCUT2D eigenvalue weighted by Gasteiger charge is 2.43. The zero-order valence-electron chi connectivity index (χ0n) is 18.6. The van der Waals surface area contributed by atoms with E-state index in [1.54, 1.807) is 6.07 Å². The van der Waals surface area contributed by atoms with Crippen molar-refractivity contribution in [2.75, 3.05) is 29.4 Å². The van der Waals surface area contributed by atoms with Crippen LogP contribution in [0.2, 0.25) is 0 Å². The van der Waals surface area contributed by atoms with Gasteiger partial charge in [0.2, 0.25) is 5.95 Å². The quantitative estimate of drug-likeness (QED) is 0.591. The molecule has 2 bridgehead atoms. The number of benzene rings is 1. The molecule has 1 unspecified atom stereocenters. The molecule has 0 spiro atoms. The van der Waals surface area contributed by atoms with Crippen molar-refractivity contribution in [2.45, 2.75) is 45.6 Å². The maximum atomic E-state index is 13.9. The summed E-state index contributed by atoms with van der Waals surface area (Å²) in [5, 5.41) is 8.78. The number of hydrogen-bond acceptors (Lipinski definition) is 7. The molecule has 1 aromatic carbocycles. The van der Waals surface area contributed by atoms with Crippen molar-refractivity contribution in [1.29, 1.82) is 0 Å². The van der Waals surface area contributed by atoms with Crippen LogP contribution in [0.4, 0.5) is 26.4 Å². The molecule has 10 heteroatoms. The minimum absolute atomic E-state index is 0.522. The Balaban J connectivity index is 1.22. The average Bonchev–Trinajstić information content (AvgIpc) is 3.42. The van der Waals surface area contributed by atoms with Gasteiger partial charge in [0.1, 0.15) is 0 Å². The molecule has 3 atom stereocenters. The van der Waals surface area contributed by atoms with E-state index in [2.05, 4.69) is 15.0 Å². The lowest BCUT2D eigenvalue weighted by Gasteiger charge is -2.36. The lowest BCUT2D eigenvalue weighted by atomic mass is 9.82. The molecule has 4 heterocycles. The Morgan fingerprint density at radius 3 is 2.55 bits per heavy atom. The maximum absolute atomic E-state index is 13.9. The van der Waals surface area contributed by atoms with Crippen LogP contribution in [0.15, 0.2) is 22.7 Å². The van der Waals surface area contributed by atoms with Crippen molar-refractivity contribution in [2.24, 2.45) is 17.8 Å². The van der Waals surface area contributed by atoms with Crippen molar-refractivity contribution in [3.05, 3.63) is 41.5 Å². The van der Waals surface area contributed by atoms with Gasteiger partial charge in [0.15, 0.2) is 23.3 Å². The fraction of sp³-hybridized carbons (Fsp3) is 0.565. The van der Waals surface area contributed by atoms with Gasteiger partial charge in [-0.3, -0.25) is 0 Å². The van der Waals surface area contributed by atoms with E-state index >= 15 is 0 Å². The molecule has 174 valence electrons. The van der Waals surface area contributed by atoms with Gasteiger partial charge in [0, 0.05) is 44.4 Å². The molecule has 0 radical (unpaired) electrons. The summed E-state index contributed by atoms with van der Waals surface area (Å²) in [5.74, 6) is 2.14. The smallest absolute Gasteiger partial charge is 0.324 e. The zero-order chi connectivity index (χ0) is 22.5. The van der Waals surface area contributed by atoms with Crippen molar-refractivity contribution in [1.82, 2.24) is 24.9 Å². The Kier molecular flexibility index (Phi) is 5.03. The van der Waals surface area contributed by atoms with Crippen molar-refractivity contribution >= 4 is 17.7 Å². The Labute approximate surface area is 190 Å². The van der Waals surface area contributed by atoms with E-state index in [1.165, 1.54) is 25.0 Å². The van der Waals surface area contributed by atoms with E-state index in [0.717, 1.165) is 50.7 Å². The second kappa shape index (κ2) is 8.07. The molecule has 1 saturated carbocycles. The van der Waals surface area contributed by atoms with E-state index in [9.17, 15) is 8.78 Å². The molecule has 2 aromatic heterocycles. The van der Waals surface area contributed by atoms with Gasteiger partial charge >= 0.3 is 6.01 Å². The Morgan fingerprint density at radius 1 is 1.03 bits per heavy atom. The summed E-state index contributed by atoms with van der Waals surface area (Å²) in [7, 11) is 0. The Morgan fingerprint density at radius 2 is 1.82 bits per heavy atom. The first-order valence-electron chi connectivity index (χ1n) is 11.8. The predicted molar refractivity (Wildman–Crippen MR) is 117 cm³/mol. The maximum Gasteiger partial charge on any atom is 0.324 e. The molecule has 6 rings (SSSR count). The number of fused-ring (bicyclic) bond motifs is 3. The standard InChI is InChI=1S/C23H27F2N7O/c1-14-26-23(33-29-14)30-12-15-4-5-16(13-30)18(15)11-21-27-22-31(8-2-3-9-32(22)28-21)17-6-7-19(24)20(25)10-17/h6-7,10,15-16,18H,2-5,8-9,11-13H2,1H3/t15-,16+,18?. The normalized spacial score (nSPS) is 24.8. The van der Waals surface area contributed by atoms with Crippen LogP contribution in [0, 0.1) is 36.3 Å². The molecule has 2 fully saturated rings. The summed E-state index contributed by atoms with van der Waals surface area (Å²) in [6.07, 6.45) is 5.12. The van der Waals surface area contributed by atoms with Gasteiger partial charge < -0.3 is 14.3 Å². The van der Waals surface area contributed by atoms with Crippen LogP contribution in [0.5, 0.6) is 0 Å². The summed E-state index contributed by atoms with van der Waals surface area (Å²) < 4.78 is 34.7. The molecule has 33 heavy (non-hydrogen) atoms. The first-order valence-corrected chi connectivity index (χ1v) is 11.8. The average molecular weight is 456 g/mol. The largest absolute Gasteiger partial charge is 0.324 e. The summed E-state index contributed by atoms with van der Waals surface area (Å²) >= 11 is 0.